The molecule has 150 valence electrons. The zero-order valence-corrected chi connectivity index (χ0v) is 17.8. The van der Waals surface area contributed by atoms with E-state index in [0.29, 0.717) is 30.9 Å². The molecule has 2 heterocycles. The average molecular weight is 408 g/mol. The number of nitrogens with one attached hydrogen (secondary N) is 1. The fourth-order valence-electron chi connectivity index (χ4n) is 3.26. The maximum atomic E-state index is 12.4. The van der Waals surface area contributed by atoms with E-state index in [1.807, 2.05) is 23.9 Å². The summed E-state index contributed by atoms with van der Waals surface area (Å²) in [6, 6.07) is 10.5. The van der Waals surface area contributed by atoms with Gasteiger partial charge in [-0.15, -0.1) is 11.3 Å². The number of benzene rings is 1. The lowest BCUT2D eigenvalue weighted by Crippen LogP contribution is -2.12. The number of nitriles is 1. The minimum absolute atomic E-state index is 0.0594. The van der Waals surface area contributed by atoms with E-state index in [1.165, 1.54) is 16.9 Å². The standard InChI is InChI=1S/C22H25N5OS/c1-4-17-6-8-18(9-7-17)20-14-29-22(24-20)25-21(28)11-10-19-15(2)26-27(16(19)3)13-5-12-23/h6-9,14H,4-5,10-11,13H2,1-3H3,(H,24,25,28). The first-order chi connectivity index (χ1) is 14.0. The highest BCUT2D eigenvalue weighted by Gasteiger charge is 2.14. The van der Waals surface area contributed by atoms with E-state index >= 15 is 0 Å². The Labute approximate surface area is 175 Å². The summed E-state index contributed by atoms with van der Waals surface area (Å²) in [5, 5.41) is 18.7. The number of nitrogens with zero attached hydrogens (tertiary/aromatic N) is 4. The molecule has 0 aliphatic heterocycles. The molecule has 29 heavy (non-hydrogen) atoms. The van der Waals surface area contributed by atoms with Gasteiger partial charge in [0.25, 0.3) is 0 Å². The Kier molecular flexibility index (Phi) is 6.78. The second-order valence-electron chi connectivity index (χ2n) is 6.92. The number of amides is 1. The van der Waals surface area contributed by atoms with Crippen molar-refractivity contribution in [3.63, 3.8) is 0 Å². The van der Waals surface area contributed by atoms with Gasteiger partial charge in [-0.1, -0.05) is 31.2 Å². The van der Waals surface area contributed by atoms with Crippen LogP contribution in [0.4, 0.5) is 5.13 Å². The molecule has 1 N–H and O–H groups in total. The fraction of sp³-hybridized carbons (Fsp3) is 0.364. The molecule has 2 aromatic heterocycles. The molecule has 0 aliphatic rings. The number of anilines is 1. The number of carbonyl (C=O) groups is 1. The van der Waals surface area contributed by atoms with Crippen LogP contribution in [-0.4, -0.2) is 20.7 Å². The summed E-state index contributed by atoms with van der Waals surface area (Å²) >= 11 is 1.43. The van der Waals surface area contributed by atoms with Crippen molar-refractivity contribution >= 4 is 22.4 Å². The van der Waals surface area contributed by atoms with Gasteiger partial charge < -0.3 is 5.32 Å². The van der Waals surface area contributed by atoms with Crippen molar-refractivity contribution in [2.45, 2.75) is 53.0 Å². The largest absolute Gasteiger partial charge is 0.302 e. The third kappa shape index (κ3) is 5.09. The molecular formula is C22H25N5OS. The lowest BCUT2D eigenvalue weighted by atomic mass is 10.1. The number of thiazole rings is 1. The maximum absolute atomic E-state index is 12.4. The van der Waals surface area contributed by atoms with Gasteiger partial charge in [0.05, 0.1) is 30.4 Å². The average Bonchev–Trinajstić information content (AvgIpc) is 3.29. The molecule has 0 fully saturated rings. The topological polar surface area (TPSA) is 83.6 Å². The van der Waals surface area contributed by atoms with Crippen LogP contribution in [0.5, 0.6) is 0 Å². The molecule has 7 heteroatoms. The van der Waals surface area contributed by atoms with Gasteiger partial charge in [0, 0.05) is 23.1 Å². The van der Waals surface area contributed by atoms with Crippen LogP contribution in [0.2, 0.25) is 0 Å². The number of hydrogen-bond acceptors (Lipinski definition) is 5. The Morgan fingerprint density at radius 2 is 2.03 bits per heavy atom. The van der Waals surface area contributed by atoms with Crippen LogP contribution in [0.25, 0.3) is 11.3 Å². The molecule has 0 aliphatic carbocycles. The summed E-state index contributed by atoms with van der Waals surface area (Å²) in [4.78, 5) is 16.9. The fourth-order valence-corrected chi connectivity index (χ4v) is 4.00. The normalized spacial score (nSPS) is 10.7. The van der Waals surface area contributed by atoms with Crippen molar-refractivity contribution < 1.29 is 4.79 Å². The van der Waals surface area contributed by atoms with E-state index in [-0.39, 0.29) is 5.91 Å². The zero-order valence-electron chi connectivity index (χ0n) is 17.0. The molecule has 0 unspecified atom stereocenters. The second kappa shape index (κ2) is 9.48. The third-order valence-electron chi connectivity index (χ3n) is 4.98. The molecule has 0 saturated heterocycles. The number of aryl methyl sites for hydroxylation is 3. The molecule has 1 aromatic carbocycles. The quantitative estimate of drug-likeness (QED) is 0.588. The monoisotopic (exact) mass is 407 g/mol. The van der Waals surface area contributed by atoms with Crippen LogP contribution >= 0.6 is 11.3 Å². The van der Waals surface area contributed by atoms with Crippen molar-refractivity contribution in [1.82, 2.24) is 14.8 Å². The van der Waals surface area contributed by atoms with Crippen molar-refractivity contribution in [1.29, 1.82) is 5.26 Å². The Morgan fingerprint density at radius 3 is 2.72 bits per heavy atom. The predicted molar refractivity (Wildman–Crippen MR) is 116 cm³/mol. The molecule has 1 amide bonds. The number of hydrogen-bond donors (Lipinski definition) is 1. The van der Waals surface area contributed by atoms with Crippen LogP contribution in [0, 0.1) is 25.2 Å². The molecular weight excluding hydrogens is 382 g/mol. The van der Waals surface area contributed by atoms with Gasteiger partial charge >= 0.3 is 0 Å². The molecule has 0 atom stereocenters. The van der Waals surface area contributed by atoms with Crippen LogP contribution in [0.3, 0.4) is 0 Å². The lowest BCUT2D eigenvalue weighted by Gasteiger charge is -2.04. The van der Waals surface area contributed by atoms with E-state index in [1.54, 1.807) is 0 Å². The number of carbonyl (C=O) groups excluding carboxylic acids is 1. The van der Waals surface area contributed by atoms with Crippen molar-refractivity contribution in [2.75, 3.05) is 5.32 Å². The van der Waals surface area contributed by atoms with Crippen molar-refractivity contribution in [3.05, 3.63) is 52.2 Å². The Balaban J connectivity index is 1.58. The zero-order chi connectivity index (χ0) is 20.8. The van der Waals surface area contributed by atoms with E-state index in [0.717, 1.165) is 34.6 Å². The predicted octanol–water partition coefficient (Wildman–Crippen LogP) is 4.67. The highest BCUT2D eigenvalue weighted by molar-refractivity contribution is 7.14. The molecule has 0 saturated carbocycles. The molecule has 0 radical (unpaired) electrons. The van der Waals surface area contributed by atoms with Gasteiger partial charge in [-0.05, 0) is 37.8 Å². The van der Waals surface area contributed by atoms with E-state index in [4.69, 9.17) is 5.26 Å². The minimum Gasteiger partial charge on any atom is -0.302 e. The Bertz CT molecular complexity index is 1030. The van der Waals surface area contributed by atoms with E-state index in [2.05, 4.69) is 52.7 Å². The first kappa shape index (κ1) is 20.7. The Hall–Kier alpha value is -2.98. The van der Waals surface area contributed by atoms with Crippen LogP contribution in [0.1, 0.15) is 42.3 Å². The van der Waals surface area contributed by atoms with Gasteiger partial charge in [0.1, 0.15) is 0 Å². The number of rotatable bonds is 8. The van der Waals surface area contributed by atoms with Gasteiger partial charge in [0.2, 0.25) is 5.91 Å². The van der Waals surface area contributed by atoms with Gasteiger partial charge in [0.15, 0.2) is 5.13 Å². The van der Waals surface area contributed by atoms with Crippen molar-refractivity contribution in [3.8, 4) is 17.3 Å². The maximum Gasteiger partial charge on any atom is 0.226 e. The van der Waals surface area contributed by atoms with Crippen LogP contribution < -0.4 is 5.32 Å². The van der Waals surface area contributed by atoms with Gasteiger partial charge in [-0.3, -0.25) is 9.48 Å². The summed E-state index contributed by atoms with van der Waals surface area (Å²) in [5.41, 5.74) is 6.24. The number of aromatic nitrogens is 3. The summed E-state index contributed by atoms with van der Waals surface area (Å²) < 4.78 is 1.85. The van der Waals surface area contributed by atoms with Crippen molar-refractivity contribution in [2.24, 2.45) is 0 Å². The van der Waals surface area contributed by atoms with Crippen LogP contribution in [0.15, 0.2) is 29.6 Å². The highest BCUT2D eigenvalue weighted by atomic mass is 32.1. The van der Waals surface area contributed by atoms with Crippen LogP contribution in [-0.2, 0) is 24.2 Å². The second-order valence-corrected chi connectivity index (χ2v) is 7.78. The molecule has 6 nitrogen and oxygen atoms in total. The highest BCUT2D eigenvalue weighted by Crippen LogP contribution is 2.25. The Morgan fingerprint density at radius 1 is 1.28 bits per heavy atom. The van der Waals surface area contributed by atoms with E-state index in [9.17, 15) is 4.79 Å². The molecule has 0 bridgehead atoms. The summed E-state index contributed by atoms with van der Waals surface area (Å²) in [6.45, 7) is 6.64. The summed E-state index contributed by atoms with van der Waals surface area (Å²) in [7, 11) is 0. The van der Waals surface area contributed by atoms with Gasteiger partial charge in [-0.2, -0.15) is 10.4 Å². The smallest absolute Gasteiger partial charge is 0.226 e. The molecule has 0 spiro atoms. The molecule has 3 rings (SSSR count). The summed E-state index contributed by atoms with van der Waals surface area (Å²) in [6.07, 6.45) is 2.42. The first-order valence-corrected chi connectivity index (χ1v) is 10.6. The van der Waals surface area contributed by atoms with E-state index < -0.39 is 0 Å². The first-order valence-electron chi connectivity index (χ1n) is 9.76. The molecule has 3 aromatic rings. The third-order valence-corrected chi connectivity index (χ3v) is 5.74. The summed E-state index contributed by atoms with van der Waals surface area (Å²) in [5.74, 6) is -0.0594. The SMILES string of the molecule is CCc1ccc(-c2csc(NC(=O)CCc3c(C)nn(CCC#N)c3C)n2)cc1. The lowest BCUT2D eigenvalue weighted by molar-refractivity contribution is -0.116. The van der Waals surface area contributed by atoms with Gasteiger partial charge in [-0.25, -0.2) is 4.98 Å². The minimum atomic E-state index is -0.0594.